The molecule has 0 aliphatic rings. The molecule has 0 radical (unpaired) electrons. The fraction of sp³-hybridized carbons (Fsp3) is 0.667. The van der Waals surface area contributed by atoms with E-state index in [1.54, 1.807) is 0 Å². The Balaban J connectivity index is 3.94. The summed E-state index contributed by atoms with van der Waals surface area (Å²) in [7, 11) is -4.46. The molecule has 0 fully saturated rings. The van der Waals surface area contributed by atoms with Crippen LogP contribution in [0.3, 0.4) is 0 Å². The molecule has 0 aliphatic carbocycles. The van der Waals surface area contributed by atoms with E-state index in [4.69, 9.17) is 15.5 Å². The summed E-state index contributed by atoms with van der Waals surface area (Å²) >= 11 is 0. The van der Waals surface area contributed by atoms with Crippen LogP contribution in [-0.2, 0) is 9.36 Å². The van der Waals surface area contributed by atoms with Gasteiger partial charge in [0.05, 0.1) is 6.04 Å². The van der Waals surface area contributed by atoms with E-state index in [9.17, 15) is 9.36 Å². The Kier molecular flexibility index (Phi) is 2.98. The number of carbonyl (C=O) groups is 1. The summed E-state index contributed by atoms with van der Waals surface area (Å²) in [5.41, 5.74) is 4.99. The molecule has 0 heterocycles. The highest BCUT2D eigenvalue weighted by Crippen LogP contribution is 2.27. The van der Waals surface area contributed by atoms with Gasteiger partial charge in [-0.2, -0.15) is 0 Å². The Morgan fingerprint density at radius 1 is 1.70 bits per heavy atom. The van der Waals surface area contributed by atoms with E-state index in [0.717, 1.165) is 0 Å². The second-order valence-corrected chi connectivity index (χ2v) is 3.12. The molecule has 0 saturated carbocycles. The predicted octanol–water partition coefficient (Wildman–Crippen LogP) is -1.46. The smallest absolute Gasteiger partial charge is 0.320 e. The van der Waals surface area contributed by atoms with Crippen LogP contribution < -0.4 is 10.8 Å². The van der Waals surface area contributed by atoms with Crippen LogP contribution in [0.2, 0.25) is 0 Å². The monoisotopic (exact) mass is 168 g/mol. The van der Waals surface area contributed by atoms with Crippen molar-refractivity contribution < 1.29 is 19.1 Å². The quantitative estimate of drug-likeness (QED) is 0.376. The van der Waals surface area contributed by atoms with Crippen molar-refractivity contribution in [2.45, 2.75) is 13.0 Å². The van der Waals surface area contributed by atoms with Gasteiger partial charge in [0.2, 0.25) is 5.91 Å². The molecule has 0 bridgehead atoms. The van der Waals surface area contributed by atoms with E-state index in [2.05, 4.69) is 0 Å². The van der Waals surface area contributed by atoms with E-state index in [0.29, 0.717) is 0 Å². The fourth-order valence-corrected chi connectivity index (χ4v) is 0.736. The minimum atomic E-state index is -4.46. The molecule has 0 unspecified atom stereocenters. The molecule has 7 heteroatoms. The zero-order valence-corrected chi connectivity index (χ0v) is 6.21. The van der Waals surface area contributed by atoms with Crippen molar-refractivity contribution in [3.05, 3.63) is 0 Å². The van der Waals surface area contributed by atoms with Gasteiger partial charge in [-0.3, -0.25) is 9.88 Å². The summed E-state index contributed by atoms with van der Waals surface area (Å²) in [6, 6.07) is -0.910. The van der Waals surface area contributed by atoms with E-state index < -0.39 is 19.7 Å². The number of hydrogen-bond donors (Lipinski definition) is 4. The van der Waals surface area contributed by atoms with Crippen LogP contribution in [0.25, 0.3) is 0 Å². The van der Waals surface area contributed by atoms with E-state index in [-0.39, 0.29) is 0 Å². The lowest BCUT2D eigenvalue weighted by Gasteiger charge is -2.07. The highest BCUT2D eigenvalue weighted by Gasteiger charge is 2.18. The highest BCUT2D eigenvalue weighted by molar-refractivity contribution is 7.50. The van der Waals surface area contributed by atoms with Crippen LogP contribution in [-0.4, -0.2) is 21.7 Å². The van der Waals surface area contributed by atoms with Crippen molar-refractivity contribution in [1.82, 2.24) is 5.09 Å². The van der Waals surface area contributed by atoms with Crippen LogP contribution in [0, 0.1) is 0 Å². The third-order valence-corrected chi connectivity index (χ3v) is 1.18. The largest absolute Gasteiger partial charge is 0.429 e. The lowest BCUT2D eigenvalue weighted by molar-refractivity contribution is -0.120. The van der Waals surface area contributed by atoms with Crippen molar-refractivity contribution in [3.8, 4) is 0 Å². The molecule has 1 atom stereocenters. The number of hydrogen-bond acceptors (Lipinski definition) is 3. The standard InChI is InChI=1S/C3H9N2O4P/c1-2(4)3(6)5-10(7,8)9/h2H,4H2,1H3,(H3,5,6,7,8,9)/t2-/m0/s1. The molecule has 60 valence electrons. The summed E-state index contributed by atoms with van der Waals surface area (Å²) < 4.78 is 10.1. The van der Waals surface area contributed by atoms with Gasteiger partial charge in [-0.1, -0.05) is 0 Å². The molecule has 5 N–H and O–H groups in total. The van der Waals surface area contributed by atoms with Crippen molar-refractivity contribution in [2.24, 2.45) is 5.73 Å². The average Bonchev–Trinajstić information content (AvgIpc) is 1.60. The third-order valence-electron chi connectivity index (χ3n) is 0.669. The second kappa shape index (κ2) is 3.12. The van der Waals surface area contributed by atoms with Gasteiger partial charge in [0.1, 0.15) is 0 Å². The Hall–Kier alpha value is -0.420. The molecule has 6 nitrogen and oxygen atoms in total. The van der Waals surface area contributed by atoms with Crippen molar-refractivity contribution in [2.75, 3.05) is 0 Å². The maximum Gasteiger partial charge on any atom is 0.429 e. The van der Waals surface area contributed by atoms with Crippen LogP contribution in [0.5, 0.6) is 0 Å². The van der Waals surface area contributed by atoms with Crippen LogP contribution in [0.4, 0.5) is 0 Å². The van der Waals surface area contributed by atoms with Gasteiger partial charge >= 0.3 is 7.75 Å². The molecule has 0 saturated heterocycles. The van der Waals surface area contributed by atoms with Gasteiger partial charge in [0.15, 0.2) is 0 Å². The Labute approximate surface area is 57.6 Å². The molecular weight excluding hydrogens is 159 g/mol. The molecule has 10 heavy (non-hydrogen) atoms. The first-order chi connectivity index (χ1) is 4.33. The second-order valence-electron chi connectivity index (χ2n) is 1.81. The molecule has 1 amide bonds. The minimum Gasteiger partial charge on any atom is -0.320 e. The average molecular weight is 168 g/mol. The van der Waals surface area contributed by atoms with Crippen molar-refractivity contribution in [1.29, 1.82) is 0 Å². The van der Waals surface area contributed by atoms with Gasteiger partial charge in [0.25, 0.3) is 0 Å². The number of carbonyl (C=O) groups excluding carboxylic acids is 1. The Bertz CT molecular complexity index is 173. The van der Waals surface area contributed by atoms with Crippen LogP contribution >= 0.6 is 7.75 Å². The Morgan fingerprint density at radius 3 is 2.20 bits per heavy atom. The minimum absolute atomic E-state index is 0.867. The SMILES string of the molecule is C[C@H](N)C(=O)NP(=O)(O)O. The fourth-order valence-electron chi connectivity index (χ4n) is 0.245. The maximum atomic E-state index is 10.4. The van der Waals surface area contributed by atoms with Crippen molar-refractivity contribution in [3.63, 3.8) is 0 Å². The van der Waals surface area contributed by atoms with E-state index >= 15 is 0 Å². The topological polar surface area (TPSA) is 113 Å². The van der Waals surface area contributed by atoms with Gasteiger partial charge in [-0.05, 0) is 6.92 Å². The zero-order chi connectivity index (χ0) is 8.36. The van der Waals surface area contributed by atoms with Crippen molar-refractivity contribution >= 4 is 13.7 Å². The predicted molar refractivity (Wildman–Crippen MR) is 33.8 cm³/mol. The highest BCUT2D eigenvalue weighted by atomic mass is 31.2. The summed E-state index contributed by atoms with van der Waals surface area (Å²) in [6.07, 6.45) is 0. The lowest BCUT2D eigenvalue weighted by Crippen LogP contribution is -2.36. The van der Waals surface area contributed by atoms with Gasteiger partial charge < -0.3 is 15.5 Å². The number of nitrogens with two attached hydrogens (primary N) is 1. The number of rotatable bonds is 2. The summed E-state index contributed by atoms with van der Waals surface area (Å²) in [4.78, 5) is 26.8. The number of amides is 1. The molecule has 0 rings (SSSR count). The molecule has 0 aliphatic heterocycles. The summed E-state index contributed by atoms with van der Waals surface area (Å²) in [5.74, 6) is -0.867. The summed E-state index contributed by atoms with van der Waals surface area (Å²) in [5, 5.41) is 1.42. The lowest BCUT2D eigenvalue weighted by atomic mass is 10.4. The Morgan fingerprint density at radius 2 is 2.10 bits per heavy atom. The van der Waals surface area contributed by atoms with Crippen LogP contribution in [0.15, 0.2) is 0 Å². The first-order valence-corrected chi connectivity index (χ1v) is 4.07. The molecule has 0 aromatic rings. The first-order valence-electron chi connectivity index (χ1n) is 2.46. The summed E-state index contributed by atoms with van der Waals surface area (Å²) in [6.45, 7) is 1.32. The van der Waals surface area contributed by atoms with Gasteiger partial charge in [0, 0.05) is 0 Å². The molecule has 0 aromatic heterocycles. The molecule has 0 aromatic carbocycles. The van der Waals surface area contributed by atoms with Crippen LogP contribution in [0.1, 0.15) is 6.92 Å². The normalized spacial score (nSPS) is 14.4. The molecule has 0 spiro atoms. The first kappa shape index (κ1) is 9.58. The van der Waals surface area contributed by atoms with Gasteiger partial charge in [-0.15, -0.1) is 0 Å². The third kappa shape index (κ3) is 4.46. The van der Waals surface area contributed by atoms with E-state index in [1.807, 2.05) is 0 Å². The number of nitrogens with one attached hydrogen (secondary N) is 1. The van der Waals surface area contributed by atoms with Gasteiger partial charge in [-0.25, -0.2) is 4.57 Å². The maximum absolute atomic E-state index is 10.4. The van der Waals surface area contributed by atoms with E-state index in [1.165, 1.54) is 12.0 Å². The zero-order valence-electron chi connectivity index (χ0n) is 5.31. The molecular formula is C3H9N2O4P.